The van der Waals surface area contributed by atoms with Gasteiger partial charge in [0.15, 0.2) is 0 Å². The Bertz CT molecular complexity index is 1190. The van der Waals surface area contributed by atoms with E-state index >= 15 is 0 Å². The summed E-state index contributed by atoms with van der Waals surface area (Å²) >= 11 is 6.02. The van der Waals surface area contributed by atoms with Gasteiger partial charge < -0.3 is 15.8 Å². The number of rotatable bonds is 9. The highest BCUT2D eigenvalue weighted by atomic mass is 35.5. The van der Waals surface area contributed by atoms with E-state index in [1.54, 1.807) is 0 Å². The van der Waals surface area contributed by atoms with Crippen LogP contribution in [-0.2, 0) is 6.61 Å². The number of nitrogens with zero attached hydrogens (tertiary/aromatic N) is 1. The number of nitrogens with one attached hydrogen (secondary N) is 1. The molecular formula is C27H26ClN3O. The van der Waals surface area contributed by atoms with Gasteiger partial charge in [-0.15, -0.1) is 0 Å². The Morgan fingerprint density at radius 2 is 1.72 bits per heavy atom. The lowest BCUT2D eigenvalue weighted by Gasteiger charge is -2.12. The number of ether oxygens (including phenoxy) is 1. The van der Waals surface area contributed by atoms with Crippen molar-refractivity contribution in [3.63, 3.8) is 0 Å². The molecule has 3 N–H and O–H groups in total. The zero-order valence-electron chi connectivity index (χ0n) is 17.8. The summed E-state index contributed by atoms with van der Waals surface area (Å²) in [5.74, 6) is 0.810. The molecule has 4 rings (SSSR count). The van der Waals surface area contributed by atoms with E-state index in [-0.39, 0.29) is 0 Å². The van der Waals surface area contributed by atoms with Crippen LogP contribution < -0.4 is 15.8 Å². The highest BCUT2D eigenvalue weighted by Gasteiger charge is 2.05. The molecule has 3 aromatic carbocycles. The fourth-order valence-corrected chi connectivity index (χ4v) is 3.56. The fourth-order valence-electron chi connectivity index (χ4n) is 3.43. The first-order valence-corrected chi connectivity index (χ1v) is 11.0. The van der Waals surface area contributed by atoms with E-state index < -0.39 is 0 Å². The van der Waals surface area contributed by atoms with Gasteiger partial charge in [0.25, 0.3) is 0 Å². The minimum absolute atomic E-state index is 0.426. The summed E-state index contributed by atoms with van der Waals surface area (Å²) in [6, 6.07) is 28.1. The molecule has 0 bridgehead atoms. The van der Waals surface area contributed by atoms with Gasteiger partial charge in [0.2, 0.25) is 0 Å². The lowest BCUT2D eigenvalue weighted by atomic mass is 10.0. The zero-order chi connectivity index (χ0) is 22.2. The highest BCUT2D eigenvalue weighted by molar-refractivity contribution is 6.30. The van der Waals surface area contributed by atoms with E-state index in [1.165, 1.54) is 5.57 Å². The van der Waals surface area contributed by atoms with Crippen molar-refractivity contribution in [2.75, 3.05) is 19.6 Å². The summed E-state index contributed by atoms with van der Waals surface area (Å²) < 4.78 is 5.98. The van der Waals surface area contributed by atoms with Gasteiger partial charge >= 0.3 is 0 Å². The molecule has 0 radical (unpaired) electrons. The van der Waals surface area contributed by atoms with E-state index in [0.29, 0.717) is 13.2 Å². The SMILES string of the molecule is NCCNC/C(=C/c1ccc(Cl)cc1)c1ccc(OCc2ccc3ccccc3n2)cc1. The molecule has 0 aliphatic rings. The Hall–Kier alpha value is -3.18. The monoisotopic (exact) mass is 443 g/mol. The molecule has 0 fully saturated rings. The number of fused-ring (bicyclic) bond motifs is 1. The van der Waals surface area contributed by atoms with Gasteiger partial charge in [-0.1, -0.05) is 60.1 Å². The second-order valence-corrected chi connectivity index (χ2v) is 7.93. The van der Waals surface area contributed by atoms with E-state index in [1.807, 2.05) is 60.7 Å². The van der Waals surface area contributed by atoms with Crippen LogP contribution in [0.5, 0.6) is 5.75 Å². The molecule has 0 amide bonds. The average molecular weight is 444 g/mol. The van der Waals surface area contributed by atoms with E-state index in [4.69, 9.17) is 22.1 Å². The maximum absolute atomic E-state index is 6.02. The molecule has 4 aromatic rings. The molecule has 1 aromatic heterocycles. The molecule has 32 heavy (non-hydrogen) atoms. The van der Waals surface area contributed by atoms with Gasteiger partial charge in [-0.3, -0.25) is 0 Å². The normalized spacial score (nSPS) is 11.6. The molecule has 0 saturated carbocycles. The number of benzene rings is 3. The number of hydrogen-bond donors (Lipinski definition) is 2. The minimum Gasteiger partial charge on any atom is -0.487 e. The molecule has 0 atom stereocenters. The number of para-hydroxylation sites is 1. The van der Waals surface area contributed by atoms with Crippen LogP contribution in [0.15, 0.2) is 84.9 Å². The number of nitrogens with two attached hydrogens (primary N) is 1. The van der Waals surface area contributed by atoms with Crippen molar-refractivity contribution in [1.29, 1.82) is 0 Å². The van der Waals surface area contributed by atoms with Crippen molar-refractivity contribution in [2.45, 2.75) is 6.61 Å². The van der Waals surface area contributed by atoms with Crippen molar-refractivity contribution in [1.82, 2.24) is 10.3 Å². The van der Waals surface area contributed by atoms with Gasteiger partial charge in [-0.25, -0.2) is 4.98 Å². The maximum Gasteiger partial charge on any atom is 0.130 e. The quantitative estimate of drug-likeness (QED) is 0.263. The van der Waals surface area contributed by atoms with E-state index in [0.717, 1.165) is 51.6 Å². The van der Waals surface area contributed by atoms with Crippen LogP contribution in [0, 0.1) is 0 Å². The van der Waals surface area contributed by atoms with Crippen LogP contribution in [-0.4, -0.2) is 24.6 Å². The summed E-state index contributed by atoms with van der Waals surface area (Å²) in [5, 5.41) is 5.24. The molecule has 0 saturated heterocycles. The number of pyridine rings is 1. The molecule has 0 aliphatic carbocycles. The van der Waals surface area contributed by atoms with Crippen molar-refractivity contribution >= 4 is 34.2 Å². The maximum atomic E-state index is 6.02. The Morgan fingerprint density at radius 1 is 0.938 bits per heavy atom. The molecular weight excluding hydrogens is 418 g/mol. The predicted molar refractivity (Wildman–Crippen MR) is 134 cm³/mol. The van der Waals surface area contributed by atoms with Crippen molar-refractivity contribution < 1.29 is 4.74 Å². The minimum atomic E-state index is 0.426. The van der Waals surface area contributed by atoms with E-state index in [2.05, 4.69) is 40.6 Å². The predicted octanol–water partition coefficient (Wildman–Crippen LogP) is 5.56. The molecule has 4 nitrogen and oxygen atoms in total. The Kier molecular flexibility index (Phi) is 7.51. The summed E-state index contributed by atoms with van der Waals surface area (Å²) in [7, 11) is 0. The smallest absolute Gasteiger partial charge is 0.130 e. The van der Waals surface area contributed by atoms with Gasteiger partial charge in [-0.2, -0.15) is 0 Å². The lowest BCUT2D eigenvalue weighted by Crippen LogP contribution is -2.24. The number of aromatic nitrogens is 1. The van der Waals surface area contributed by atoms with Crippen LogP contribution in [0.25, 0.3) is 22.6 Å². The van der Waals surface area contributed by atoms with Crippen LogP contribution in [0.1, 0.15) is 16.8 Å². The third kappa shape index (κ3) is 5.95. The average Bonchev–Trinajstić information content (AvgIpc) is 2.84. The molecule has 162 valence electrons. The fraction of sp³-hybridized carbons (Fsp3) is 0.148. The zero-order valence-corrected chi connectivity index (χ0v) is 18.6. The first-order valence-electron chi connectivity index (χ1n) is 10.7. The Morgan fingerprint density at radius 3 is 2.50 bits per heavy atom. The molecule has 0 spiro atoms. The summed E-state index contributed by atoms with van der Waals surface area (Å²) in [6.07, 6.45) is 2.16. The Balaban J connectivity index is 1.46. The second-order valence-electron chi connectivity index (χ2n) is 7.49. The van der Waals surface area contributed by atoms with Crippen molar-refractivity contribution in [3.8, 4) is 5.75 Å². The molecule has 5 heteroatoms. The molecule has 0 unspecified atom stereocenters. The van der Waals surface area contributed by atoms with Gasteiger partial charge in [0.05, 0.1) is 11.2 Å². The Labute approximate surface area is 193 Å². The summed E-state index contributed by atoms with van der Waals surface area (Å²) in [4.78, 5) is 4.67. The van der Waals surface area contributed by atoms with Gasteiger partial charge in [-0.05, 0) is 59.2 Å². The first kappa shape index (κ1) is 22.0. The third-order valence-corrected chi connectivity index (χ3v) is 5.37. The first-order chi connectivity index (χ1) is 15.7. The summed E-state index contributed by atoms with van der Waals surface area (Å²) in [5.41, 5.74) is 10.9. The number of halogens is 1. The van der Waals surface area contributed by atoms with Crippen LogP contribution in [0.3, 0.4) is 0 Å². The second kappa shape index (κ2) is 10.9. The summed E-state index contributed by atoms with van der Waals surface area (Å²) in [6.45, 7) is 2.51. The largest absolute Gasteiger partial charge is 0.487 e. The van der Waals surface area contributed by atoms with E-state index in [9.17, 15) is 0 Å². The standard InChI is InChI=1S/C27H26ClN3O/c28-24-10-5-20(6-11-24)17-23(18-30-16-15-29)21-8-13-26(14-9-21)32-19-25-12-7-22-3-1-2-4-27(22)31-25/h1-14,17,30H,15-16,18-19,29H2/b23-17-. The lowest BCUT2D eigenvalue weighted by molar-refractivity contribution is 0.302. The van der Waals surface area contributed by atoms with Crippen LogP contribution in [0.4, 0.5) is 0 Å². The molecule has 0 aliphatic heterocycles. The molecule has 1 heterocycles. The third-order valence-electron chi connectivity index (χ3n) is 5.12. The van der Waals surface area contributed by atoms with Crippen LogP contribution >= 0.6 is 11.6 Å². The van der Waals surface area contributed by atoms with Crippen LogP contribution in [0.2, 0.25) is 5.02 Å². The number of hydrogen-bond acceptors (Lipinski definition) is 4. The van der Waals surface area contributed by atoms with Crippen molar-refractivity contribution in [3.05, 3.63) is 107 Å². The van der Waals surface area contributed by atoms with Crippen molar-refractivity contribution in [2.24, 2.45) is 5.73 Å². The van der Waals surface area contributed by atoms with Gasteiger partial charge in [0, 0.05) is 30.0 Å². The topological polar surface area (TPSA) is 60.2 Å². The highest BCUT2D eigenvalue weighted by Crippen LogP contribution is 2.23. The van der Waals surface area contributed by atoms with Gasteiger partial charge in [0.1, 0.15) is 12.4 Å².